The lowest BCUT2D eigenvalue weighted by Crippen LogP contribution is -2.48. The van der Waals surface area contributed by atoms with Gasteiger partial charge in [-0.25, -0.2) is 14.8 Å². The average Bonchev–Trinajstić information content (AvgIpc) is 3.14. The number of carbonyl (C=O) groups excluding carboxylic acids is 2. The number of hydrogen-bond donors (Lipinski definition) is 0. The van der Waals surface area contributed by atoms with Crippen molar-refractivity contribution < 1.29 is 19.1 Å². The highest BCUT2D eigenvalue weighted by molar-refractivity contribution is 5.97. The van der Waals surface area contributed by atoms with E-state index >= 15 is 0 Å². The fraction of sp³-hybridized carbons (Fsp3) is 0.429. The highest BCUT2D eigenvalue weighted by Crippen LogP contribution is 2.30. The van der Waals surface area contributed by atoms with Crippen molar-refractivity contribution in [1.82, 2.24) is 19.8 Å². The summed E-state index contributed by atoms with van der Waals surface area (Å²) in [4.78, 5) is 38.9. The first-order chi connectivity index (χ1) is 14.7. The van der Waals surface area contributed by atoms with Crippen LogP contribution < -0.4 is 14.4 Å². The van der Waals surface area contributed by atoms with Crippen molar-refractivity contribution >= 4 is 17.6 Å². The fourth-order valence-electron chi connectivity index (χ4n) is 3.83. The number of methoxy groups -OCH3 is 1. The second kappa shape index (κ2) is 8.98. The normalized spacial score (nSPS) is 19.2. The van der Waals surface area contributed by atoms with E-state index in [1.807, 2.05) is 24.3 Å². The van der Waals surface area contributed by atoms with E-state index in [0.717, 1.165) is 12.8 Å². The molecule has 2 aliphatic rings. The van der Waals surface area contributed by atoms with Gasteiger partial charge in [-0.15, -0.1) is 0 Å². The fourth-order valence-corrected chi connectivity index (χ4v) is 3.83. The zero-order valence-corrected chi connectivity index (χ0v) is 16.9. The summed E-state index contributed by atoms with van der Waals surface area (Å²) in [6.45, 7) is 2.19. The number of likely N-dealkylation sites (tertiary alicyclic amines) is 1. The maximum Gasteiger partial charge on any atom is 0.325 e. The molecule has 0 aliphatic carbocycles. The molecular weight excluding hydrogens is 386 g/mol. The summed E-state index contributed by atoms with van der Waals surface area (Å²) in [7, 11) is 1.58. The summed E-state index contributed by atoms with van der Waals surface area (Å²) in [6, 6.07) is 9.25. The lowest BCUT2D eigenvalue weighted by atomic mass is 10.1. The number of hydrogen-bond acceptors (Lipinski definition) is 6. The van der Waals surface area contributed by atoms with Gasteiger partial charge in [0, 0.05) is 32.0 Å². The molecule has 3 amide bonds. The molecule has 0 bridgehead atoms. The van der Waals surface area contributed by atoms with E-state index in [1.54, 1.807) is 40.3 Å². The van der Waals surface area contributed by atoms with Crippen LogP contribution in [0, 0.1) is 0 Å². The Balaban J connectivity index is 1.35. The molecule has 1 atom stereocenters. The van der Waals surface area contributed by atoms with Gasteiger partial charge in [0.05, 0.1) is 19.3 Å². The maximum atomic E-state index is 12.9. The quantitative estimate of drug-likeness (QED) is 0.720. The molecule has 2 saturated heterocycles. The van der Waals surface area contributed by atoms with Crippen LogP contribution in [0.4, 0.5) is 10.5 Å². The van der Waals surface area contributed by atoms with Crippen LogP contribution >= 0.6 is 0 Å². The van der Waals surface area contributed by atoms with Crippen LogP contribution in [0.5, 0.6) is 11.8 Å². The van der Waals surface area contributed by atoms with E-state index in [0.29, 0.717) is 43.6 Å². The number of nitrogens with zero attached hydrogens (tertiary/aromatic N) is 5. The Labute approximate surface area is 175 Å². The predicted octanol–water partition coefficient (Wildman–Crippen LogP) is 1.80. The topological polar surface area (TPSA) is 88.1 Å². The summed E-state index contributed by atoms with van der Waals surface area (Å²) in [6.07, 6.45) is 4.78. The number of carbonyl (C=O) groups is 2. The van der Waals surface area contributed by atoms with Crippen molar-refractivity contribution in [2.24, 2.45) is 0 Å². The third kappa shape index (κ3) is 4.29. The van der Waals surface area contributed by atoms with Gasteiger partial charge in [0.15, 0.2) is 0 Å². The number of ether oxygens (including phenoxy) is 2. The Kier molecular flexibility index (Phi) is 5.97. The van der Waals surface area contributed by atoms with E-state index in [4.69, 9.17) is 9.47 Å². The Morgan fingerprint density at radius 2 is 1.93 bits per heavy atom. The molecule has 2 aromatic rings. The van der Waals surface area contributed by atoms with Crippen LogP contribution in [0.1, 0.15) is 12.8 Å². The third-order valence-electron chi connectivity index (χ3n) is 5.34. The standard InChI is InChI=1S/C21H25N5O4/c1-29-18-8-3-2-7-17(18)26-13-12-25(21(26)28)15-19(27)24-11-4-6-16(14-24)30-20-22-9-5-10-23-20/h2-3,5,7-10,16H,4,6,11-15H2,1H3. The molecule has 30 heavy (non-hydrogen) atoms. The number of urea groups is 1. The van der Waals surface area contributed by atoms with Crippen LogP contribution in [0.25, 0.3) is 0 Å². The molecule has 9 nitrogen and oxygen atoms in total. The molecule has 0 saturated carbocycles. The minimum atomic E-state index is -0.185. The zero-order valence-electron chi connectivity index (χ0n) is 16.9. The van der Waals surface area contributed by atoms with E-state index in [9.17, 15) is 9.59 Å². The van der Waals surface area contributed by atoms with Gasteiger partial charge < -0.3 is 19.3 Å². The maximum absolute atomic E-state index is 12.9. The van der Waals surface area contributed by atoms with E-state index in [2.05, 4.69) is 9.97 Å². The first-order valence-electron chi connectivity index (χ1n) is 10.1. The van der Waals surface area contributed by atoms with Gasteiger partial charge in [-0.05, 0) is 31.0 Å². The number of rotatable bonds is 6. The van der Waals surface area contributed by atoms with Crippen molar-refractivity contribution in [3.63, 3.8) is 0 Å². The highest BCUT2D eigenvalue weighted by atomic mass is 16.5. The van der Waals surface area contributed by atoms with Gasteiger partial charge in [0.1, 0.15) is 18.4 Å². The molecule has 0 N–H and O–H groups in total. The van der Waals surface area contributed by atoms with E-state index in [1.165, 1.54) is 0 Å². The molecule has 2 aliphatic heterocycles. The van der Waals surface area contributed by atoms with Gasteiger partial charge in [0.2, 0.25) is 5.91 Å². The van der Waals surface area contributed by atoms with Gasteiger partial charge in [-0.2, -0.15) is 0 Å². The number of benzene rings is 1. The van der Waals surface area contributed by atoms with Crippen LogP contribution in [-0.2, 0) is 4.79 Å². The minimum Gasteiger partial charge on any atom is -0.495 e. The van der Waals surface area contributed by atoms with Gasteiger partial charge in [-0.3, -0.25) is 9.69 Å². The minimum absolute atomic E-state index is 0.0546. The summed E-state index contributed by atoms with van der Waals surface area (Å²) in [5.74, 6) is 0.561. The van der Waals surface area contributed by atoms with Crippen LogP contribution in [-0.4, -0.2) is 77.6 Å². The lowest BCUT2D eigenvalue weighted by Gasteiger charge is -2.33. The smallest absolute Gasteiger partial charge is 0.325 e. The molecule has 3 heterocycles. The molecule has 0 spiro atoms. The first-order valence-corrected chi connectivity index (χ1v) is 10.1. The van der Waals surface area contributed by atoms with Crippen LogP contribution in [0.15, 0.2) is 42.7 Å². The van der Waals surface area contributed by atoms with E-state index in [-0.39, 0.29) is 24.6 Å². The number of anilines is 1. The van der Waals surface area contributed by atoms with Crippen molar-refractivity contribution in [2.45, 2.75) is 18.9 Å². The highest BCUT2D eigenvalue weighted by Gasteiger charge is 2.34. The molecule has 1 aromatic carbocycles. The van der Waals surface area contributed by atoms with Gasteiger partial charge in [-0.1, -0.05) is 12.1 Å². The molecule has 1 unspecified atom stereocenters. The number of aromatic nitrogens is 2. The molecule has 1 aromatic heterocycles. The van der Waals surface area contributed by atoms with Crippen LogP contribution in [0.2, 0.25) is 0 Å². The first kappa shape index (κ1) is 19.9. The van der Waals surface area contributed by atoms with Gasteiger partial charge >= 0.3 is 12.0 Å². The SMILES string of the molecule is COc1ccccc1N1CCN(CC(=O)N2CCCC(Oc3ncccn3)C2)C1=O. The summed E-state index contributed by atoms with van der Waals surface area (Å²) < 4.78 is 11.2. The molecule has 4 rings (SSSR count). The Hall–Kier alpha value is -3.36. The van der Waals surface area contributed by atoms with E-state index < -0.39 is 0 Å². The summed E-state index contributed by atoms with van der Waals surface area (Å²) >= 11 is 0. The Morgan fingerprint density at radius 3 is 2.73 bits per heavy atom. The Morgan fingerprint density at radius 1 is 1.13 bits per heavy atom. The molecule has 9 heteroatoms. The zero-order chi connectivity index (χ0) is 20.9. The van der Waals surface area contributed by atoms with Crippen LogP contribution in [0.3, 0.4) is 0 Å². The third-order valence-corrected chi connectivity index (χ3v) is 5.34. The van der Waals surface area contributed by atoms with Crippen molar-refractivity contribution in [2.75, 3.05) is 44.7 Å². The largest absolute Gasteiger partial charge is 0.495 e. The van der Waals surface area contributed by atoms with Gasteiger partial charge in [0.25, 0.3) is 0 Å². The molecule has 0 radical (unpaired) electrons. The molecule has 158 valence electrons. The average molecular weight is 411 g/mol. The second-order valence-electron chi connectivity index (χ2n) is 7.28. The number of amides is 3. The lowest BCUT2D eigenvalue weighted by molar-refractivity contribution is -0.134. The summed E-state index contributed by atoms with van der Waals surface area (Å²) in [5.41, 5.74) is 0.717. The number of para-hydroxylation sites is 2. The molecule has 2 fully saturated rings. The Bertz CT molecular complexity index is 894. The second-order valence-corrected chi connectivity index (χ2v) is 7.28. The summed E-state index contributed by atoms with van der Waals surface area (Å²) in [5, 5.41) is 0. The van der Waals surface area contributed by atoms with Crippen molar-refractivity contribution in [3.8, 4) is 11.8 Å². The van der Waals surface area contributed by atoms with Crippen molar-refractivity contribution in [3.05, 3.63) is 42.7 Å². The number of piperidine rings is 1. The predicted molar refractivity (Wildman–Crippen MR) is 110 cm³/mol. The van der Waals surface area contributed by atoms with Crippen molar-refractivity contribution in [1.29, 1.82) is 0 Å². The molecular formula is C21H25N5O4. The monoisotopic (exact) mass is 411 g/mol.